The molecule has 1 aliphatic heterocycles. The van der Waals surface area contributed by atoms with Crippen molar-refractivity contribution in [1.82, 2.24) is 4.90 Å². The van der Waals surface area contributed by atoms with Crippen LogP contribution in [-0.4, -0.2) is 45.8 Å². The number of urea groups is 1. The summed E-state index contributed by atoms with van der Waals surface area (Å²) in [5.41, 5.74) is -2.30. The number of alkyl halides is 3. The van der Waals surface area contributed by atoms with Gasteiger partial charge in [0.1, 0.15) is 11.5 Å². The van der Waals surface area contributed by atoms with E-state index in [4.69, 9.17) is 4.74 Å². The molecule has 0 aromatic heterocycles. The lowest BCUT2D eigenvalue weighted by molar-refractivity contribution is -0.140. The molecule has 2 amide bonds. The smallest absolute Gasteiger partial charge is 0.416 e. The zero-order chi connectivity index (χ0) is 27.1. The van der Waals surface area contributed by atoms with Gasteiger partial charge >= 0.3 is 18.2 Å². The molecule has 3 fully saturated rings. The number of carbonyl (C=O) groups is 2. The van der Waals surface area contributed by atoms with E-state index in [2.05, 4.69) is 5.32 Å². The van der Waals surface area contributed by atoms with Gasteiger partial charge < -0.3 is 25.2 Å². The molecule has 38 heavy (non-hydrogen) atoms. The molecule has 204 valence electrons. The van der Waals surface area contributed by atoms with Gasteiger partial charge in [0.2, 0.25) is 0 Å². The van der Waals surface area contributed by atoms with Crippen LogP contribution in [0.4, 0.5) is 23.7 Å². The number of nitrogens with one attached hydrogen (secondary N) is 1. The average Bonchev–Trinajstić information content (AvgIpc) is 3.60. The zero-order valence-electron chi connectivity index (χ0n) is 20.9. The average molecular weight is 533 g/mol. The van der Waals surface area contributed by atoms with Crippen molar-refractivity contribution >= 4 is 17.7 Å². The number of hydrogen-bond donors (Lipinski definition) is 3. The summed E-state index contributed by atoms with van der Waals surface area (Å²) in [5, 5.41) is 23.1. The van der Waals surface area contributed by atoms with Gasteiger partial charge in [-0.05, 0) is 67.9 Å². The van der Waals surface area contributed by atoms with Crippen molar-refractivity contribution in [1.29, 1.82) is 0 Å². The summed E-state index contributed by atoms with van der Waals surface area (Å²) >= 11 is 0. The van der Waals surface area contributed by atoms with Crippen LogP contribution in [0, 0.1) is 5.92 Å². The molecular weight excluding hydrogens is 501 g/mol. The summed E-state index contributed by atoms with van der Waals surface area (Å²) in [7, 11) is 0. The summed E-state index contributed by atoms with van der Waals surface area (Å²) in [6.45, 7) is 0.474. The molecule has 2 aromatic carbocycles. The third-order valence-corrected chi connectivity index (χ3v) is 8.22. The number of nitrogens with zero attached hydrogens (tertiary/aromatic N) is 1. The Balaban J connectivity index is 1.30. The third kappa shape index (κ3) is 5.32. The summed E-state index contributed by atoms with van der Waals surface area (Å²) in [4.78, 5) is 25.9. The fraction of sp³-hybridized carbons (Fsp3) is 0.500. The fourth-order valence-electron chi connectivity index (χ4n) is 5.79. The molecule has 0 bridgehead atoms. The van der Waals surface area contributed by atoms with E-state index in [1.54, 1.807) is 12.1 Å². The van der Waals surface area contributed by atoms with Crippen LogP contribution in [0.15, 0.2) is 42.5 Å². The standard InChI is InChI=1S/C28H31F3N2O5/c29-28(30,31)20-14-21(32-25(36)33-13-12-27(37,17-33)19-4-2-1-3-5-19)16-23(15-20)38-22-8-6-18(7-9-22)26(10-11-26)24(34)35/h6-9,14-16,19,37H,1-5,10-13,17H2,(H,32,36)(H,34,35). The van der Waals surface area contributed by atoms with E-state index in [0.29, 0.717) is 31.4 Å². The number of rotatable bonds is 6. The highest BCUT2D eigenvalue weighted by atomic mass is 19.4. The number of halogens is 3. The fourth-order valence-corrected chi connectivity index (χ4v) is 5.79. The summed E-state index contributed by atoms with van der Waals surface area (Å²) in [6.07, 6.45) is 1.92. The Kier molecular flexibility index (Phi) is 6.79. The Labute approximate surface area is 218 Å². The first-order chi connectivity index (χ1) is 18.0. The van der Waals surface area contributed by atoms with Crippen LogP contribution in [0.25, 0.3) is 0 Å². The number of carbonyl (C=O) groups excluding carboxylic acids is 1. The van der Waals surface area contributed by atoms with Crippen molar-refractivity contribution in [3.05, 3.63) is 53.6 Å². The van der Waals surface area contributed by atoms with Crippen molar-refractivity contribution in [3.63, 3.8) is 0 Å². The van der Waals surface area contributed by atoms with Crippen molar-refractivity contribution in [2.75, 3.05) is 18.4 Å². The van der Waals surface area contributed by atoms with Gasteiger partial charge in [-0.1, -0.05) is 31.4 Å². The second-order valence-corrected chi connectivity index (χ2v) is 10.8. The van der Waals surface area contributed by atoms with Crippen LogP contribution in [0.2, 0.25) is 0 Å². The lowest BCUT2D eigenvalue weighted by Gasteiger charge is -2.35. The second kappa shape index (κ2) is 9.80. The predicted molar refractivity (Wildman–Crippen MR) is 133 cm³/mol. The van der Waals surface area contributed by atoms with Gasteiger partial charge in [0.25, 0.3) is 0 Å². The van der Waals surface area contributed by atoms with Gasteiger partial charge in [0.05, 0.1) is 23.1 Å². The van der Waals surface area contributed by atoms with Crippen LogP contribution in [0.5, 0.6) is 11.5 Å². The minimum atomic E-state index is -4.67. The number of likely N-dealkylation sites (tertiary alicyclic amines) is 1. The maximum atomic E-state index is 13.6. The Bertz CT molecular complexity index is 1210. The Morgan fingerprint density at radius 3 is 2.26 bits per heavy atom. The van der Waals surface area contributed by atoms with E-state index < -0.39 is 34.8 Å². The quantitative estimate of drug-likeness (QED) is 0.414. The maximum absolute atomic E-state index is 13.6. The van der Waals surface area contributed by atoms with Gasteiger partial charge in [-0.15, -0.1) is 0 Å². The van der Waals surface area contributed by atoms with Crippen molar-refractivity contribution < 1.29 is 37.7 Å². The molecule has 1 atom stereocenters. The molecule has 1 unspecified atom stereocenters. The molecule has 0 spiro atoms. The molecule has 2 saturated carbocycles. The number of amides is 2. The predicted octanol–water partition coefficient (Wildman–Crippen LogP) is 6.16. The van der Waals surface area contributed by atoms with Gasteiger partial charge in [0.15, 0.2) is 0 Å². The van der Waals surface area contributed by atoms with Gasteiger partial charge in [-0.3, -0.25) is 4.79 Å². The molecule has 1 saturated heterocycles. The second-order valence-electron chi connectivity index (χ2n) is 10.8. The van der Waals surface area contributed by atoms with Crippen LogP contribution in [-0.2, 0) is 16.4 Å². The normalized spacial score (nSPS) is 23.2. The first kappa shape index (κ1) is 26.3. The monoisotopic (exact) mass is 532 g/mol. The van der Waals surface area contributed by atoms with Crippen molar-refractivity contribution in [2.45, 2.75) is 68.6 Å². The van der Waals surface area contributed by atoms with E-state index in [-0.39, 0.29) is 29.6 Å². The number of carboxylic acids is 1. The maximum Gasteiger partial charge on any atom is 0.416 e. The van der Waals surface area contributed by atoms with E-state index in [1.807, 2.05) is 0 Å². The van der Waals surface area contributed by atoms with E-state index in [0.717, 1.165) is 44.2 Å². The highest BCUT2D eigenvalue weighted by molar-refractivity contribution is 5.90. The third-order valence-electron chi connectivity index (χ3n) is 8.22. The molecule has 2 aromatic rings. The molecule has 7 nitrogen and oxygen atoms in total. The summed E-state index contributed by atoms with van der Waals surface area (Å²) < 4.78 is 46.6. The Hall–Kier alpha value is -3.27. The van der Waals surface area contributed by atoms with Gasteiger partial charge in [-0.2, -0.15) is 13.2 Å². The highest BCUT2D eigenvalue weighted by Gasteiger charge is 2.51. The minimum absolute atomic E-state index is 0.0765. The lowest BCUT2D eigenvalue weighted by atomic mass is 9.76. The van der Waals surface area contributed by atoms with Gasteiger partial charge in [0, 0.05) is 18.3 Å². The largest absolute Gasteiger partial charge is 0.481 e. The topological polar surface area (TPSA) is 99.1 Å². The van der Waals surface area contributed by atoms with Crippen LogP contribution < -0.4 is 10.1 Å². The first-order valence-electron chi connectivity index (χ1n) is 13.0. The molecule has 3 aliphatic rings. The molecule has 10 heteroatoms. The number of aliphatic hydroxyl groups is 1. The zero-order valence-corrected chi connectivity index (χ0v) is 20.9. The van der Waals surface area contributed by atoms with Crippen molar-refractivity contribution in [2.24, 2.45) is 5.92 Å². The highest BCUT2D eigenvalue weighted by Crippen LogP contribution is 2.49. The Morgan fingerprint density at radius 1 is 0.974 bits per heavy atom. The molecule has 5 rings (SSSR count). The van der Waals surface area contributed by atoms with Crippen LogP contribution >= 0.6 is 0 Å². The van der Waals surface area contributed by atoms with Crippen molar-refractivity contribution in [3.8, 4) is 11.5 Å². The number of carboxylic acid groups (broad SMARTS) is 1. The molecular formula is C28H31F3N2O5. The number of aliphatic carboxylic acids is 1. The lowest BCUT2D eigenvalue weighted by Crippen LogP contribution is -2.43. The number of β-amino-alcohol motifs (C(OH)–C–C–N with tert-alkyl or cyclic N) is 1. The van der Waals surface area contributed by atoms with E-state index in [9.17, 15) is 33.0 Å². The number of benzene rings is 2. The number of ether oxygens (including phenoxy) is 1. The first-order valence-corrected chi connectivity index (χ1v) is 13.0. The van der Waals surface area contributed by atoms with Crippen LogP contribution in [0.3, 0.4) is 0 Å². The molecule has 3 N–H and O–H groups in total. The molecule has 1 heterocycles. The SMILES string of the molecule is O=C(Nc1cc(Oc2ccc(C3(C(=O)O)CC3)cc2)cc(C(F)(F)F)c1)N1CCC(O)(C2CCCCC2)C1. The number of anilines is 1. The van der Waals surface area contributed by atoms with E-state index in [1.165, 1.54) is 23.1 Å². The molecule has 0 radical (unpaired) electrons. The van der Waals surface area contributed by atoms with E-state index >= 15 is 0 Å². The summed E-state index contributed by atoms with van der Waals surface area (Å²) in [5.74, 6) is -0.662. The number of hydrogen-bond acceptors (Lipinski definition) is 4. The summed E-state index contributed by atoms with van der Waals surface area (Å²) in [6, 6.07) is 8.68. The molecule has 2 aliphatic carbocycles. The Morgan fingerprint density at radius 2 is 1.66 bits per heavy atom. The minimum Gasteiger partial charge on any atom is -0.481 e. The van der Waals surface area contributed by atoms with Crippen LogP contribution in [0.1, 0.15) is 62.5 Å². The van der Waals surface area contributed by atoms with Gasteiger partial charge in [-0.25, -0.2) is 4.79 Å².